The molecule has 1 aliphatic heterocycles. The number of nitrogen functional groups attached to an aromatic ring is 1. The van der Waals surface area contributed by atoms with Gasteiger partial charge in [-0.3, -0.25) is 0 Å². The van der Waals surface area contributed by atoms with Crippen LogP contribution in [0.15, 0.2) is 16.5 Å². The molecule has 3 rings (SSSR count). The molecular weight excluding hydrogens is 268 g/mol. The summed E-state index contributed by atoms with van der Waals surface area (Å²) >= 11 is 0. The molecule has 0 saturated carbocycles. The molecule has 2 aromatic heterocycles. The fraction of sp³-hybridized carbons (Fsp3) is 0.500. The number of nitrogens with two attached hydrogens (primary N) is 1. The number of aryl methyl sites for hydroxylation is 1. The Balaban J connectivity index is 1.80. The van der Waals surface area contributed by atoms with E-state index in [-0.39, 0.29) is 5.95 Å². The standard InChI is InChI=1S/C14H20N6O/c1-10-5-6-11(21-10)9-19(2)13-16-12(15)17-14(18-13)20-7-3-4-8-20/h5-6H,3-4,7-9H2,1-2H3,(H2,15,16,17,18). The van der Waals surface area contributed by atoms with Crippen molar-refractivity contribution in [3.8, 4) is 0 Å². The number of hydrogen-bond acceptors (Lipinski definition) is 7. The number of aromatic nitrogens is 3. The number of nitrogens with zero attached hydrogens (tertiary/aromatic N) is 5. The lowest BCUT2D eigenvalue weighted by Crippen LogP contribution is -2.25. The van der Waals surface area contributed by atoms with Gasteiger partial charge < -0.3 is 20.0 Å². The van der Waals surface area contributed by atoms with Crippen LogP contribution in [-0.4, -0.2) is 35.1 Å². The fourth-order valence-corrected chi connectivity index (χ4v) is 2.47. The monoisotopic (exact) mass is 288 g/mol. The maximum absolute atomic E-state index is 5.82. The van der Waals surface area contributed by atoms with E-state index in [4.69, 9.17) is 10.2 Å². The third-order valence-electron chi connectivity index (χ3n) is 3.55. The van der Waals surface area contributed by atoms with Crippen molar-refractivity contribution in [2.75, 3.05) is 35.7 Å². The van der Waals surface area contributed by atoms with Crippen LogP contribution in [0.1, 0.15) is 24.4 Å². The Morgan fingerprint density at radius 3 is 2.67 bits per heavy atom. The molecule has 0 bridgehead atoms. The molecule has 0 amide bonds. The van der Waals surface area contributed by atoms with Crippen LogP contribution >= 0.6 is 0 Å². The average Bonchev–Trinajstić information content (AvgIpc) is 3.10. The van der Waals surface area contributed by atoms with E-state index in [1.165, 1.54) is 12.8 Å². The van der Waals surface area contributed by atoms with Gasteiger partial charge in [-0.2, -0.15) is 15.0 Å². The molecule has 0 aliphatic carbocycles. The summed E-state index contributed by atoms with van der Waals surface area (Å²) in [6.07, 6.45) is 2.34. The highest BCUT2D eigenvalue weighted by molar-refractivity contribution is 5.43. The average molecular weight is 288 g/mol. The minimum atomic E-state index is 0.254. The van der Waals surface area contributed by atoms with Crippen LogP contribution in [0.2, 0.25) is 0 Å². The molecule has 1 fully saturated rings. The molecule has 2 N–H and O–H groups in total. The number of hydrogen-bond donors (Lipinski definition) is 1. The Morgan fingerprint density at radius 2 is 2.00 bits per heavy atom. The van der Waals surface area contributed by atoms with Crippen LogP contribution in [0.4, 0.5) is 17.8 Å². The van der Waals surface area contributed by atoms with Gasteiger partial charge in [0.1, 0.15) is 11.5 Å². The van der Waals surface area contributed by atoms with Crippen molar-refractivity contribution in [1.29, 1.82) is 0 Å². The zero-order valence-corrected chi connectivity index (χ0v) is 12.4. The number of rotatable bonds is 4. The van der Waals surface area contributed by atoms with Crippen molar-refractivity contribution in [2.45, 2.75) is 26.3 Å². The second-order valence-electron chi connectivity index (χ2n) is 5.36. The smallest absolute Gasteiger partial charge is 0.232 e. The maximum atomic E-state index is 5.82. The molecule has 21 heavy (non-hydrogen) atoms. The fourth-order valence-electron chi connectivity index (χ4n) is 2.47. The Hall–Kier alpha value is -2.31. The third kappa shape index (κ3) is 3.07. The van der Waals surface area contributed by atoms with Crippen molar-refractivity contribution in [3.63, 3.8) is 0 Å². The lowest BCUT2D eigenvalue weighted by atomic mass is 10.4. The molecule has 112 valence electrons. The van der Waals surface area contributed by atoms with Crippen molar-refractivity contribution < 1.29 is 4.42 Å². The molecule has 0 spiro atoms. The summed E-state index contributed by atoms with van der Waals surface area (Å²) < 4.78 is 5.58. The largest absolute Gasteiger partial charge is 0.464 e. The summed E-state index contributed by atoms with van der Waals surface area (Å²) in [5.74, 6) is 3.25. The van der Waals surface area contributed by atoms with E-state index in [0.717, 1.165) is 24.6 Å². The number of furan rings is 1. The lowest BCUT2D eigenvalue weighted by Gasteiger charge is -2.19. The molecule has 7 heteroatoms. The first-order chi connectivity index (χ1) is 10.1. The predicted molar refractivity (Wildman–Crippen MR) is 81.2 cm³/mol. The van der Waals surface area contributed by atoms with Gasteiger partial charge in [0.05, 0.1) is 6.54 Å². The van der Waals surface area contributed by atoms with E-state index in [2.05, 4.69) is 19.9 Å². The Bertz CT molecular complexity index is 620. The Morgan fingerprint density at radius 1 is 1.24 bits per heavy atom. The normalized spacial score (nSPS) is 14.7. The highest BCUT2D eigenvalue weighted by atomic mass is 16.3. The molecule has 7 nitrogen and oxygen atoms in total. The van der Waals surface area contributed by atoms with Crippen LogP contribution in [-0.2, 0) is 6.54 Å². The van der Waals surface area contributed by atoms with Gasteiger partial charge in [0, 0.05) is 20.1 Å². The third-order valence-corrected chi connectivity index (χ3v) is 3.55. The second kappa shape index (κ2) is 5.59. The topological polar surface area (TPSA) is 84.3 Å². The lowest BCUT2D eigenvalue weighted by molar-refractivity contribution is 0.480. The van der Waals surface area contributed by atoms with E-state index >= 15 is 0 Å². The van der Waals surface area contributed by atoms with Crippen LogP contribution in [0, 0.1) is 6.92 Å². The SMILES string of the molecule is Cc1ccc(CN(C)c2nc(N)nc(N3CCCC3)n2)o1. The molecule has 3 heterocycles. The molecule has 0 radical (unpaired) electrons. The summed E-state index contributed by atoms with van der Waals surface area (Å²) in [5.41, 5.74) is 5.82. The van der Waals surface area contributed by atoms with Crippen molar-refractivity contribution >= 4 is 17.8 Å². The molecule has 0 unspecified atom stereocenters. The summed E-state index contributed by atoms with van der Waals surface area (Å²) in [6.45, 7) is 4.47. The van der Waals surface area contributed by atoms with E-state index in [1.54, 1.807) is 0 Å². The van der Waals surface area contributed by atoms with Crippen molar-refractivity contribution in [2.24, 2.45) is 0 Å². The molecule has 0 atom stereocenters. The van der Waals surface area contributed by atoms with Gasteiger partial charge in [0.25, 0.3) is 0 Å². The molecule has 1 aliphatic rings. The minimum absolute atomic E-state index is 0.254. The first-order valence-electron chi connectivity index (χ1n) is 7.15. The van der Waals surface area contributed by atoms with Gasteiger partial charge in [0.15, 0.2) is 0 Å². The first kappa shape index (κ1) is 13.7. The van der Waals surface area contributed by atoms with Gasteiger partial charge >= 0.3 is 0 Å². The second-order valence-corrected chi connectivity index (χ2v) is 5.36. The minimum Gasteiger partial charge on any atom is -0.464 e. The zero-order chi connectivity index (χ0) is 14.8. The van der Waals surface area contributed by atoms with Gasteiger partial charge in [-0.1, -0.05) is 0 Å². The van der Waals surface area contributed by atoms with Crippen LogP contribution in [0.3, 0.4) is 0 Å². The summed E-state index contributed by atoms with van der Waals surface area (Å²) in [5, 5.41) is 0. The van der Waals surface area contributed by atoms with Gasteiger partial charge in [-0.25, -0.2) is 0 Å². The van der Waals surface area contributed by atoms with Crippen LogP contribution < -0.4 is 15.5 Å². The number of anilines is 3. The van der Waals surface area contributed by atoms with Crippen molar-refractivity contribution in [1.82, 2.24) is 15.0 Å². The van der Waals surface area contributed by atoms with Crippen LogP contribution in [0.25, 0.3) is 0 Å². The molecule has 2 aromatic rings. The van der Waals surface area contributed by atoms with Gasteiger partial charge in [-0.05, 0) is 31.9 Å². The quantitative estimate of drug-likeness (QED) is 0.914. The van der Waals surface area contributed by atoms with E-state index in [1.807, 2.05) is 31.0 Å². The zero-order valence-electron chi connectivity index (χ0n) is 12.4. The predicted octanol–water partition coefficient (Wildman–Crippen LogP) is 1.59. The summed E-state index contributed by atoms with van der Waals surface area (Å²) in [4.78, 5) is 17.0. The maximum Gasteiger partial charge on any atom is 0.232 e. The van der Waals surface area contributed by atoms with Crippen LogP contribution in [0.5, 0.6) is 0 Å². The Labute approximate surface area is 123 Å². The van der Waals surface area contributed by atoms with Crippen molar-refractivity contribution in [3.05, 3.63) is 23.7 Å². The molecular formula is C14H20N6O. The van der Waals surface area contributed by atoms with Gasteiger partial charge in [0.2, 0.25) is 17.8 Å². The highest BCUT2D eigenvalue weighted by Crippen LogP contribution is 2.20. The van der Waals surface area contributed by atoms with E-state index in [9.17, 15) is 0 Å². The Kier molecular flexibility index (Phi) is 3.64. The summed E-state index contributed by atoms with van der Waals surface area (Å²) in [6, 6.07) is 3.90. The molecule has 0 aromatic carbocycles. The molecule has 1 saturated heterocycles. The van der Waals surface area contributed by atoms with E-state index < -0.39 is 0 Å². The van der Waals surface area contributed by atoms with Gasteiger partial charge in [-0.15, -0.1) is 0 Å². The summed E-state index contributed by atoms with van der Waals surface area (Å²) in [7, 11) is 1.92. The highest BCUT2D eigenvalue weighted by Gasteiger charge is 2.18. The first-order valence-corrected chi connectivity index (χ1v) is 7.15. The van der Waals surface area contributed by atoms with E-state index in [0.29, 0.717) is 18.4 Å².